The van der Waals surface area contributed by atoms with E-state index < -0.39 is 5.97 Å². The molecule has 0 aromatic heterocycles. The van der Waals surface area contributed by atoms with Gasteiger partial charge in [-0.25, -0.2) is 4.79 Å². The summed E-state index contributed by atoms with van der Waals surface area (Å²) in [4.78, 5) is 11.1. The third kappa shape index (κ3) is 1.97. The molecule has 0 spiro atoms. The monoisotopic (exact) mass is 232 g/mol. The molecular formula is C15H20O2. The lowest BCUT2D eigenvalue weighted by atomic mass is 9.63. The fraction of sp³-hybridized carbons (Fsp3) is 0.533. The summed E-state index contributed by atoms with van der Waals surface area (Å²) < 4.78 is 0. The molecule has 0 aliphatic heterocycles. The summed E-state index contributed by atoms with van der Waals surface area (Å²) in [7, 11) is 0. The number of hydrogen-bond acceptors (Lipinski definition) is 1. The Bertz CT molecular complexity index is 470. The Morgan fingerprint density at radius 1 is 1.06 bits per heavy atom. The van der Waals surface area contributed by atoms with Gasteiger partial charge in [0, 0.05) is 0 Å². The lowest BCUT2D eigenvalue weighted by Crippen LogP contribution is -2.34. The fourth-order valence-electron chi connectivity index (χ4n) is 2.72. The van der Waals surface area contributed by atoms with Gasteiger partial charge in [0.15, 0.2) is 0 Å². The van der Waals surface area contributed by atoms with Gasteiger partial charge < -0.3 is 5.11 Å². The van der Waals surface area contributed by atoms with Crippen molar-refractivity contribution < 1.29 is 9.90 Å². The van der Waals surface area contributed by atoms with Gasteiger partial charge in [0.1, 0.15) is 0 Å². The first-order valence-electron chi connectivity index (χ1n) is 6.12. The largest absolute Gasteiger partial charge is 0.478 e. The maximum absolute atomic E-state index is 11.1. The molecule has 2 heteroatoms. The number of aromatic carboxylic acids is 1. The van der Waals surface area contributed by atoms with Gasteiger partial charge in [-0.15, -0.1) is 0 Å². The van der Waals surface area contributed by atoms with E-state index in [1.807, 2.05) is 12.1 Å². The van der Waals surface area contributed by atoms with E-state index in [1.165, 1.54) is 11.1 Å². The normalized spacial score (nSPS) is 20.7. The molecule has 0 atom stereocenters. The van der Waals surface area contributed by atoms with E-state index in [9.17, 15) is 4.79 Å². The van der Waals surface area contributed by atoms with E-state index in [4.69, 9.17) is 5.11 Å². The van der Waals surface area contributed by atoms with Gasteiger partial charge in [-0.2, -0.15) is 0 Å². The molecule has 17 heavy (non-hydrogen) atoms. The van der Waals surface area contributed by atoms with Crippen LogP contribution in [0.25, 0.3) is 0 Å². The lowest BCUT2D eigenvalue weighted by Gasteiger charge is -2.41. The summed E-state index contributed by atoms with van der Waals surface area (Å²) in [6.07, 6.45) is 2.26. The highest BCUT2D eigenvalue weighted by Crippen LogP contribution is 2.45. The third-order valence-electron chi connectivity index (χ3n) is 4.10. The van der Waals surface area contributed by atoms with Crippen LogP contribution in [0.1, 0.15) is 62.0 Å². The molecular weight excluding hydrogens is 212 g/mol. The average molecular weight is 232 g/mol. The summed E-state index contributed by atoms with van der Waals surface area (Å²) in [5.74, 6) is -0.841. The molecule has 2 rings (SSSR count). The smallest absolute Gasteiger partial charge is 0.335 e. The van der Waals surface area contributed by atoms with Crippen LogP contribution in [0.15, 0.2) is 18.2 Å². The molecule has 1 aromatic carbocycles. The van der Waals surface area contributed by atoms with E-state index in [0.717, 1.165) is 12.8 Å². The average Bonchev–Trinajstić information content (AvgIpc) is 2.24. The Kier molecular flexibility index (Phi) is 2.57. The van der Waals surface area contributed by atoms with Crippen molar-refractivity contribution in [1.82, 2.24) is 0 Å². The van der Waals surface area contributed by atoms with Gasteiger partial charge in [-0.05, 0) is 46.9 Å². The van der Waals surface area contributed by atoms with E-state index in [-0.39, 0.29) is 10.8 Å². The van der Waals surface area contributed by atoms with Gasteiger partial charge >= 0.3 is 5.97 Å². The summed E-state index contributed by atoms with van der Waals surface area (Å²) >= 11 is 0. The highest BCUT2D eigenvalue weighted by atomic mass is 16.4. The summed E-state index contributed by atoms with van der Waals surface area (Å²) in [6, 6.07) is 5.59. The third-order valence-corrected chi connectivity index (χ3v) is 4.10. The molecule has 0 fully saturated rings. The molecule has 1 aromatic rings. The Balaban J connectivity index is 2.64. The Morgan fingerprint density at radius 3 is 2.12 bits per heavy atom. The summed E-state index contributed by atoms with van der Waals surface area (Å²) in [5.41, 5.74) is 3.14. The topological polar surface area (TPSA) is 37.3 Å². The quantitative estimate of drug-likeness (QED) is 0.801. The first-order chi connectivity index (χ1) is 7.74. The first kappa shape index (κ1) is 12.2. The van der Waals surface area contributed by atoms with Gasteiger partial charge in [-0.3, -0.25) is 0 Å². The number of hydrogen-bond donors (Lipinski definition) is 1. The first-order valence-corrected chi connectivity index (χ1v) is 6.12. The SMILES string of the molecule is CC1(C)CCC(C)(C)c2cc(C(=O)O)ccc21. The van der Waals surface area contributed by atoms with E-state index in [2.05, 4.69) is 27.7 Å². The molecule has 1 N–H and O–H groups in total. The zero-order valence-electron chi connectivity index (χ0n) is 11.0. The van der Waals surface area contributed by atoms with Crippen molar-refractivity contribution in [2.75, 3.05) is 0 Å². The molecule has 0 saturated carbocycles. The fourth-order valence-corrected chi connectivity index (χ4v) is 2.72. The molecule has 0 radical (unpaired) electrons. The second-order valence-electron chi connectivity index (χ2n) is 6.33. The maximum atomic E-state index is 11.1. The zero-order chi connectivity index (χ0) is 12.8. The van der Waals surface area contributed by atoms with Crippen LogP contribution in [0.3, 0.4) is 0 Å². The molecule has 1 aliphatic rings. The molecule has 0 saturated heterocycles. The minimum absolute atomic E-state index is 0.0797. The van der Waals surface area contributed by atoms with Crippen LogP contribution < -0.4 is 0 Å². The minimum Gasteiger partial charge on any atom is -0.478 e. The van der Waals surface area contributed by atoms with Crippen LogP contribution in [0.2, 0.25) is 0 Å². The maximum Gasteiger partial charge on any atom is 0.335 e. The minimum atomic E-state index is -0.841. The Morgan fingerprint density at radius 2 is 1.59 bits per heavy atom. The highest BCUT2D eigenvalue weighted by Gasteiger charge is 2.37. The number of rotatable bonds is 1. The van der Waals surface area contributed by atoms with Crippen molar-refractivity contribution >= 4 is 5.97 Å². The lowest BCUT2D eigenvalue weighted by molar-refractivity contribution is 0.0696. The Labute approximate surface area is 103 Å². The highest BCUT2D eigenvalue weighted by molar-refractivity contribution is 5.88. The number of carboxylic acids is 1. The van der Waals surface area contributed by atoms with E-state index >= 15 is 0 Å². The number of benzene rings is 1. The van der Waals surface area contributed by atoms with E-state index in [1.54, 1.807) is 6.07 Å². The summed E-state index contributed by atoms with van der Waals surface area (Å²) in [6.45, 7) is 8.88. The van der Waals surface area contributed by atoms with Gasteiger partial charge in [0.25, 0.3) is 0 Å². The molecule has 2 nitrogen and oxygen atoms in total. The van der Waals surface area contributed by atoms with Crippen LogP contribution >= 0.6 is 0 Å². The van der Waals surface area contributed by atoms with Gasteiger partial charge in [0.05, 0.1) is 5.56 Å². The van der Waals surface area contributed by atoms with Crippen molar-refractivity contribution in [1.29, 1.82) is 0 Å². The second-order valence-corrected chi connectivity index (χ2v) is 6.33. The summed E-state index contributed by atoms with van der Waals surface area (Å²) in [5, 5.41) is 9.09. The molecule has 92 valence electrons. The van der Waals surface area contributed by atoms with Crippen molar-refractivity contribution in [3.05, 3.63) is 34.9 Å². The predicted molar refractivity (Wildman–Crippen MR) is 68.7 cm³/mol. The Hall–Kier alpha value is -1.31. The number of carboxylic acid groups (broad SMARTS) is 1. The molecule has 0 heterocycles. The van der Waals surface area contributed by atoms with E-state index in [0.29, 0.717) is 5.56 Å². The van der Waals surface area contributed by atoms with Gasteiger partial charge in [0.2, 0.25) is 0 Å². The molecule has 0 unspecified atom stereocenters. The molecule has 0 amide bonds. The van der Waals surface area contributed by atoms with Crippen LogP contribution in [-0.4, -0.2) is 11.1 Å². The van der Waals surface area contributed by atoms with Crippen LogP contribution in [-0.2, 0) is 10.8 Å². The van der Waals surface area contributed by atoms with Crippen molar-refractivity contribution in [2.24, 2.45) is 0 Å². The molecule has 1 aliphatic carbocycles. The van der Waals surface area contributed by atoms with Crippen LogP contribution in [0.5, 0.6) is 0 Å². The van der Waals surface area contributed by atoms with Gasteiger partial charge in [-0.1, -0.05) is 33.8 Å². The number of carbonyl (C=O) groups is 1. The second kappa shape index (κ2) is 3.59. The van der Waals surface area contributed by atoms with Crippen LogP contribution in [0, 0.1) is 0 Å². The number of fused-ring (bicyclic) bond motifs is 1. The van der Waals surface area contributed by atoms with Crippen molar-refractivity contribution in [3.8, 4) is 0 Å². The van der Waals surface area contributed by atoms with Crippen molar-refractivity contribution in [2.45, 2.75) is 51.4 Å². The van der Waals surface area contributed by atoms with Crippen molar-refractivity contribution in [3.63, 3.8) is 0 Å². The van der Waals surface area contributed by atoms with Crippen LogP contribution in [0.4, 0.5) is 0 Å². The predicted octanol–water partition coefficient (Wildman–Crippen LogP) is 3.73. The standard InChI is InChI=1S/C15H20O2/c1-14(2)7-8-15(3,4)12-9-10(13(16)17)5-6-11(12)14/h5-6,9H,7-8H2,1-4H3,(H,16,17). The molecule has 0 bridgehead atoms. The zero-order valence-corrected chi connectivity index (χ0v) is 11.0.